The summed E-state index contributed by atoms with van der Waals surface area (Å²) in [5, 5.41) is 10.7. The van der Waals surface area contributed by atoms with Crippen molar-refractivity contribution in [3.8, 4) is 0 Å². The zero-order chi connectivity index (χ0) is 14.9. The van der Waals surface area contributed by atoms with Gasteiger partial charge in [-0.05, 0) is 6.07 Å². The average molecular weight is 278 g/mol. The number of methoxy groups -OCH3 is 1. The first-order valence-corrected chi connectivity index (χ1v) is 5.61. The maximum Gasteiger partial charge on any atom is 0.299 e. The molecule has 20 heavy (non-hydrogen) atoms. The number of benzene rings is 1. The lowest BCUT2D eigenvalue weighted by Crippen LogP contribution is -2.35. The van der Waals surface area contributed by atoms with E-state index < -0.39 is 16.6 Å². The normalized spacial score (nSPS) is 13.6. The van der Waals surface area contributed by atoms with Crippen LogP contribution in [-0.4, -0.2) is 42.7 Å². The molecule has 0 spiro atoms. The number of Topliss-reactive ketones (excluding diaryl/α,β-unsaturated/α-hetero) is 2. The fourth-order valence-electron chi connectivity index (χ4n) is 1.94. The van der Waals surface area contributed by atoms with E-state index >= 15 is 0 Å². The summed E-state index contributed by atoms with van der Waals surface area (Å²) in [6.07, 6.45) is 0. The van der Waals surface area contributed by atoms with Crippen LogP contribution >= 0.6 is 0 Å². The predicted octanol–water partition coefficient (Wildman–Crippen LogP) is 0.340. The minimum atomic E-state index is -0.870. The maximum absolute atomic E-state index is 11.8. The summed E-state index contributed by atoms with van der Waals surface area (Å²) in [5.74, 6) is -2.10. The molecule has 1 aliphatic heterocycles. The van der Waals surface area contributed by atoms with Crippen LogP contribution < -0.4 is 4.90 Å². The third-order valence-electron chi connectivity index (χ3n) is 2.81. The van der Waals surface area contributed by atoms with E-state index in [9.17, 15) is 24.5 Å². The molecule has 1 aromatic carbocycles. The van der Waals surface area contributed by atoms with Crippen molar-refractivity contribution >= 4 is 28.8 Å². The summed E-state index contributed by atoms with van der Waals surface area (Å²) in [6.45, 7) is -0.483. The number of fused-ring (bicyclic) bond motifs is 1. The number of carbonyl (C=O) groups is 3. The van der Waals surface area contributed by atoms with Gasteiger partial charge in [0.2, 0.25) is 0 Å². The molecule has 0 aliphatic carbocycles. The van der Waals surface area contributed by atoms with Crippen LogP contribution in [0.25, 0.3) is 0 Å². The molecule has 2 rings (SSSR count). The molecule has 104 valence electrons. The third-order valence-corrected chi connectivity index (χ3v) is 2.81. The van der Waals surface area contributed by atoms with E-state index in [1.54, 1.807) is 0 Å². The molecular formula is C12H10N2O6. The fourth-order valence-corrected chi connectivity index (χ4v) is 1.94. The molecule has 1 aliphatic rings. The van der Waals surface area contributed by atoms with Gasteiger partial charge in [-0.25, -0.2) is 0 Å². The highest BCUT2D eigenvalue weighted by atomic mass is 16.6. The standard InChI is InChI=1S/C12H10N2O6/c1-20-6-8(15)5-13-10-3-2-7(14(18)19)4-9(10)11(16)12(13)17/h2-4H,5-6H2,1H3. The third kappa shape index (κ3) is 2.28. The highest BCUT2D eigenvalue weighted by Crippen LogP contribution is 2.31. The predicted molar refractivity (Wildman–Crippen MR) is 66.7 cm³/mol. The smallest absolute Gasteiger partial charge is 0.299 e. The van der Waals surface area contributed by atoms with Crippen LogP contribution in [0.1, 0.15) is 10.4 Å². The van der Waals surface area contributed by atoms with Crippen molar-refractivity contribution < 1.29 is 24.0 Å². The van der Waals surface area contributed by atoms with Gasteiger partial charge >= 0.3 is 0 Å². The van der Waals surface area contributed by atoms with Crippen molar-refractivity contribution in [1.29, 1.82) is 0 Å². The Hall–Kier alpha value is -2.61. The van der Waals surface area contributed by atoms with Crippen LogP contribution in [0.2, 0.25) is 0 Å². The number of nitro benzene ring substituents is 1. The fraction of sp³-hybridized carbons (Fsp3) is 0.250. The Morgan fingerprint density at radius 1 is 1.40 bits per heavy atom. The zero-order valence-electron chi connectivity index (χ0n) is 10.5. The summed E-state index contributed by atoms with van der Waals surface area (Å²) in [5.41, 5.74) is -0.139. The molecule has 0 radical (unpaired) electrons. The number of nitrogens with zero attached hydrogens (tertiary/aromatic N) is 2. The molecule has 0 N–H and O–H groups in total. The van der Waals surface area contributed by atoms with Gasteiger partial charge in [-0.2, -0.15) is 0 Å². The SMILES string of the molecule is COCC(=O)CN1C(=O)C(=O)c2cc([N+](=O)[O-])ccc21. The number of non-ortho nitro benzene ring substituents is 1. The van der Waals surface area contributed by atoms with E-state index in [-0.39, 0.29) is 35.9 Å². The highest BCUT2D eigenvalue weighted by molar-refractivity contribution is 6.52. The van der Waals surface area contributed by atoms with Gasteiger partial charge in [0.25, 0.3) is 17.4 Å². The second-order valence-corrected chi connectivity index (χ2v) is 4.15. The molecule has 0 fully saturated rings. The first-order valence-electron chi connectivity index (χ1n) is 5.61. The zero-order valence-corrected chi connectivity index (χ0v) is 10.5. The number of ether oxygens (including phenoxy) is 1. The van der Waals surface area contributed by atoms with E-state index in [0.717, 1.165) is 11.0 Å². The second-order valence-electron chi connectivity index (χ2n) is 4.15. The Balaban J connectivity index is 2.36. The van der Waals surface area contributed by atoms with Crippen LogP contribution in [0.3, 0.4) is 0 Å². The number of rotatable bonds is 5. The van der Waals surface area contributed by atoms with Crippen molar-refractivity contribution in [2.24, 2.45) is 0 Å². The van der Waals surface area contributed by atoms with E-state index in [0.29, 0.717) is 0 Å². The van der Waals surface area contributed by atoms with Crippen LogP contribution in [0.15, 0.2) is 18.2 Å². The van der Waals surface area contributed by atoms with Crippen LogP contribution in [0.4, 0.5) is 11.4 Å². The first kappa shape index (κ1) is 13.8. The van der Waals surface area contributed by atoms with Crippen molar-refractivity contribution in [1.82, 2.24) is 0 Å². The van der Waals surface area contributed by atoms with Crippen LogP contribution in [0.5, 0.6) is 0 Å². The summed E-state index contributed by atoms with van der Waals surface area (Å²) < 4.78 is 4.65. The van der Waals surface area contributed by atoms with Crippen LogP contribution in [0, 0.1) is 10.1 Å². The van der Waals surface area contributed by atoms with Gasteiger partial charge in [0.05, 0.1) is 22.7 Å². The molecule has 1 heterocycles. The first-order chi connectivity index (χ1) is 9.45. The minimum absolute atomic E-state index is 0.0607. The van der Waals surface area contributed by atoms with E-state index in [2.05, 4.69) is 4.74 Å². The van der Waals surface area contributed by atoms with Crippen molar-refractivity contribution in [3.05, 3.63) is 33.9 Å². The highest BCUT2D eigenvalue weighted by Gasteiger charge is 2.37. The molecule has 0 aromatic heterocycles. The molecule has 8 nitrogen and oxygen atoms in total. The van der Waals surface area contributed by atoms with Gasteiger partial charge in [0.15, 0.2) is 5.78 Å². The molecule has 0 atom stereocenters. The lowest BCUT2D eigenvalue weighted by molar-refractivity contribution is -0.384. The molecule has 0 saturated heterocycles. The van der Waals surface area contributed by atoms with Gasteiger partial charge in [-0.15, -0.1) is 0 Å². The van der Waals surface area contributed by atoms with E-state index in [1.807, 2.05) is 0 Å². The molecule has 8 heteroatoms. The van der Waals surface area contributed by atoms with Gasteiger partial charge in [-0.3, -0.25) is 29.4 Å². The number of carbonyl (C=O) groups excluding carboxylic acids is 3. The number of hydrogen-bond acceptors (Lipinski definition) is 6. The van der Waals surface area contributed by atoms with E-state index in [4.69, 9.17) is 0 Å². The molecule has 1 amide bonds. The lowest BCUT2D eigenvalue weighted by atomic mass is 10.1. The van der Waals surface area contributed by atoms with Gasteiger partial charge in [0.1, 0.15) is 6.61 Å². The van der Waals surface area contributed by atoms with Crippen LogP contribution in [-0.2, 0) is 14.3 Å². The quantitative estimate of drug-likeness (QED) is 0.436. The van der Waals surface area contributed by atoms with Gasteiger partial charge < -0.3 is 4.74 Å². The number of amides is 1. The van der Waals surface area contributed by atoms with Gasteiger partial charge in [-0.1, -0.05) is 0 Å². The Kier molecular flexibility index (Phi) is 3.57. The number of hydrogen-bond donors (Lipinski definition) is 0. The van der Waals surface area contributed by atoms with Crippen molar-refractivity contribution in [2.45, 2.75) is 0 Å². The Morgan fingerprint density at radius 2 is 2.10 bits per heavy atom. The molecule has 0 unspecified atom stereocenters. The average Bonchev–Trinajstić information content (AvgIpc) is 2.64. The summed E-state index contributed by atoms with van der Waals surface area (Å²) in [6, 6.07) is 3.51. The summed E-state index contributed by atoms with van der Waals surface area (Å²) in [4.78, 5) is 46.1. The van der Waals surface area contributed by atoms with Crippen molar-refractivity contribution in [2.75, 3.05) is 25.2 Å². The molecule has 0 saturated carbocycles. The summed E-state index contributed by atoms with van der Waals surface area (Å²) >= 11 is 0. The molecular weight excluding hydrogens is 268 g/mol. The van der Waals surface area contributed by atoms with Crippen molar-refractivity contribution in [3.63, 3.8) is 0 Å². The van der Waals surface area contributed by atoms with Gasteiger partial charge in [0, 0.05) is 19.2 Å². The second kappa shape index (κ2) is 5.17. The molecule has 1 aromatic rings. The largest absolute Gasteiger partial charge is 0.377 e. The Bertz CT molecular complexity index is 624. The topological polar surface area (TPSA) is 107 Å². The number of nitro groups is 1. The Morgan fingerprint density at radius 3 is 2.70 bits per heavy atom. The minimum Gasteiger partial charge on any atom is -0.377 e. The molecule has 0 bridgehead atoms. The number of ketones is 2. The summed E-state index contributed by atoms with van der Waals surface area (Å²) in [7, 11) is 1.34. The number of anilines is 1. The Labute approximate surface area is 113 Å². The maximum atomic E-state index is 11.8. The monoisotopic (exact) mass is 278 g/mol. The lowest BCUT2D eigenvalue weighted by Gasteiger charge is -2.14. The van der Waals surface area contributed by atoms with E-state index in [1.165, 1.54) is 19.2 Å².